The molecule has 2 aromatic carbocycles. The first-order chi connectivity index (χ1) is 17.5. The second kappa shape index (κ2) is 14.0. The number of carboxylic acids is 1. The van der Waals surface area contributed by atoms with Gasteiger partial charge in [-0.3, -0.25) is 14.4 Å². The van der Waals surface area contributed by atoms with Crippen LogP contribution in [0.3, 0.4) is 0 Å². The Kier molecular flexibility index (Phi) is 11.1. The lowest BCUT2D eigenvalue weighted by molar-refractivity contribution is -0.142. The molecule has 0 saturated carbocycles. The fourth-order valence-electron chi connectivity index (χ4n) is 3.69. The topological polar surface area (TPSA) is 171 Å². The van der Waals surface area contributed by atoms with Gasteiger partial charge in [0.25, 0.3) is 0 Å². The number of aromatic hydroxyl groups is 1. The van der Waals surface area contributed by atoms with E-state index in [0.717, 1.165) is 5.56 Å². The molecule has 0 spiro atoms. The summed E-state index contributed by atoms with van der Waals surface area (Å²) in [6, 6.07) is 11.2. The monoisotopic (exact) mass is 512 g/mol. The van der Waals surface area contributed by atoms with Gasteiger partial charge in [0.05, 0.1) is 6.04 Å². The zero-order chi connectivity index (χ0) is 27.5. The van der Waals surface area contributed by atoms with Crippen LogP contribution in [0.1, 0.15) is 38.3 Å². The number of benzene rings is 2. The zero-order valence-corrected chi connectivity index (χ0v) is 21.3. The fraction of sp³-hybridized carbons (Fsp3) is 0.407. The Morgan fingerprint density at radius 2 is 1.32 bits per heavy atom. The number of nitrogens with two attached hydrogens (primary N) is 1. The fourth-order valence-corrected chi connectivity index (χ4v) is 3.69. The van der Waals surface area contributed by atoms with Crippen LogP contribution in [0.5, 0.6) is 5.75 Å². The van der Waals surface area contributed by atoms with Crippen molar-refractivity contribution >= 4 is 23.7 Å². The van der Waals surface area contributed by atoms with E-state index in [2.05, 4.69) is 16.0 Å². The third kappa shape index (κ3) is 9.92. The maximum Gasteiger partial charge on any atom is 0.326 e. The van der Waals surface area contributed by atoms with E-state index in [1.807, 2.05) is 44.2 Å². The van der Waals surface area contributed by atoms with Crippen molar-refractivity contribution in [3.63, 3.8) is 0 Å². The van der Waals surface area contributed by atoms with Gasteiger partial charge in [-0.25, -0.2) is 4.79 Å². The van der Waals surface area contributed by atoms with Crippen LogP contribution < -0.4 is 21.7 Å². The van der Waals surface area contributed by atoms with E-state index < -0.39 is 47.9 Å². The van der Waals surface area contributed by atoms with Gasteiger partial charge in [0.2, 0.25) is 17.7 Å². The molecule has 0 saturated heterocycles. The summed E-state index contributed by atoms with van der Waals surface area (Å²) >= 11 is 0. The Morgan fingerprint density at radius 3 is 1.89 bits per heavy atom. The first-order valence-corrected chi connectivity index (χ1v) is 12.2. The Bertz CT molecular complexity index is 1060. The van der Waals surface area contributed by atoms with Gasteiger partial charge < -0.3 is 31.9 Å². The molecule has 10 heteroatoms. The van der Waals surface area contributed by atoms with Crippen molar-refractivity contribution in [3.05, 3.63) is 65.7 Å². The summed E-state index contributed by atoms with van der Waals surface area (Å²) in [5.41, 5.74) is 7.55. The van der Waals surface area contributed by atoms with Crippen LogP contribution in [0.25, 0.3) is 0 Å². The number of carboxylic acid groups (broad SMARTS) is 1. The van der Waals surface area contributed by atoms with Crippen molar-refractivity contribution in [2.24, 2.45) is 11.7 Å². The lowest BCUT2D eigenvalue weighted by Gasteiger charge is -2.24. The summed E-state index contributed by atoms with van der Waals surface area (Å²) in [5.74, 6) is -2.87. The van der Waals surface area contributed by atoms with Crippen LogP contribution in [-0.2, 0) is 32.0 Å². The Balaban J connectivity index is 1.99. The normalized spacial score (nSPS) is 14.2. The average molecular weight is 513 g/mol. The summed E-state index contributed by atoms with van der Waals surface area (Å²) in [6.07, 6.45) is 0.620. The molecule has 0 heterocycles. The van der Waals surface area contributed by atoms with Crippen molar-refractivity contribution in [3.8, 4) is 5.75 Å². The highest BCUT2D eigenvalue weighted by molar-refractivity contribution is 5.94. The second-order valence-corrected chi connectivity index (χ2v) is 9.49. The van der Waals surface area contributed by atoms with Crippen LogP contribution in [0.15, 0.2) is 54.6 Å². The largest absolute Gasteiger partial charge is 0.508 e. The molecule has 0 bridgehead atoms. The summed E-state index contributed by atoms with van der Waals surface area (Å²) in [4.78, 5) is 50.0. The van der Waals surface area contributed by atoms with Crippen molar-refractivity contribution in [1.29, 1.82) is 0 Å². The second-order valence-electron chi connectivity index (χ2n) is 9.49. The quantitative estimate of drug-likeness (QED) is 0.233. The van der Waals surface area contributed by atoms with Crippen LogP contribution in [0, 0.1) is 5.92 Å². The molecule has 10 nitrogen and oxygen atoms in total. The highest BCUT2D eigenvalue weighted by Crippen LogP contribution is 2.12. The molecule has 37 heavy (non-hydrogen) atoms. The molecule has 4 atom stereocenters. The number of hydrogen-bond donors (Lipinski definition) is 6. The Labute approximate surface area is 216 Å². The van der Waals surface area contributed by atoms with E-state index in [4.69, 9.17) is 5.73 Å². The van der Waals surface area contributed by atoms with Gasteiger partial charge in [-0.05, 0) is 48.9 Å². The van der Waals surface area contributed by atoms with E-state index >= 15 is 0 Å². The maximum atomic E-state index is 13.0. The van der Waals surface area contributed by atoms with Gasteiger partial charge >= 0.3 is 5.97 Å². The summed E-state index contributed by atoms with van der Waals surface area (Å²) in [6.45, 7) is 5.22. The molecule has 2 rings (SSSR count). The third-order valence-electron chi connectivity index (χ3n) is 5.72. The van der Waals surface area contributed by atoms with Gasteiger partial charge in [-0.15, -0.1) is 0 Å². The number of nitrogens with one attached hydrogen (secondary N) is 3. The predicted molar refractivity (Wildman–Crippen MR) is 138 cm³/mol. The molecule has 0 fully saturated rings. The maximum absolute atomic E-state index is 13.0. The lowest BCUT2D eigenvalue weighted by atomic mass is 10.0. The Morgan fingerprint density at radius 1 is 0.757 bits per heavy atom. The Hall–Kier alpha value is -3.92. The highest BCUT2D eigenvalue weighted by Gasteiger charge is 2.29. The molecular weight excluding hydrogens is 476 g/mol. The molecule has 0 aliphatic heterocycles. The smallest absolute Gasteiger partial charge is 0.326 e. The van der Waals surface area contributed by atoms with Gasteiger partial charge in [0, 0.05) is 6.42 Å². The van der Waals surface area contributed by atoms with Crippen molar-refractivity contribution in [2.45, 2.75) is 64.2 Å². The number of phenolic OH excluding ortho intramolecular Hbond substituents is 1. The molecule has 200 valence electrons. The van der Waals surface area contributed by atoms with E-state index in [1.54, 1.807) is 12.1 Å². The molecule has 0 aliphatic rings. The molecule has 7 N–H and O–H groups in total. The van der Waals surface area contributed by atoms with Crippen LogP contribution in [0.4, 0.5) is 0 Å². The molecule has 3 amide bonds. The number of phenols is 1. The lowest BCUT2D eigenvalue weighted by Crippen LogP contribution is -2.56. The first kappa shape index (κ1) is 29.3. The van der Waals surface area contributed by atoms with Crippen LogP contribution >= 0.6 is 0 Å². The number of carbonyl (C=O) groups excluding carboxylic acids is 3. The predicted octanol–water partition coefficient (Wildman–Crippen LogP) is 1.11. The molecule has 4 unspecified atom stereocenters. The van der Waals surface area contributed by atoms with E-state index in [9.17, 15) is 29.4 Å². The minimum Gasteiger partial charge on any atom is -0.508 e. The molecule has 0 radical (unpaired) electrons. The van der Waals surface area contributed by atoms with Crippen molar-refractivity contribution in [2.75, 3.05) is 0 Å². The molecular formula is C27H36N4O6. The number of aliphatic carboxylic acids is 1. The van der Waals surface area contributed by atoms with Gasteiger partial charge in [0.1, 0.15) is 23.9 Å². The van der Waals surface area contributed by atoms with Gasteiger partial charge in [0.15, 0.2) is 0 Å². The molecule has 0 aromatic heterocycles. The van der Waals surface area contributed by atoms with E-state index in [1.165, 1.54) is 19.1 Å². The van der Waals surface area contributed by atoms with Crippen molar-refractivity contribution < 1.29 is 29.4 Å². The van der Waals surface area contributed by atoms with Gasteiger partial charge in [-0.1, -0.05) is 56.3 Å². The standard InChI is InChI=1S/C27H36N4O6/c1-16(2)13-22(30-25(34)21(28)14-18-7-5-4-6-8-18)26(35)29-17(3)24(33)31-23(27(36)37)15-19-9-11-20(32)12-10-19/h4-12,16-17,21-23,32H,13-15,28H2,1-3H3,(H,29,35)(H,30,34)(H,31,33)(H,36,37). The molecule has 2 aromatic rings. The number of carbonyl (C=O) groups is 4. The number of rotatable bonds is 13. The summed E-state index contributed by atoms with van der Waals surface area (Å²) in [7, 11) is 0. The summed E-state index contributed by atoms with van der Waals surface area (Å²) < 4.78 is 0. The van der Waals surface area contributed by atoms with Crippen molar-refractivity contribution in [1.82, 2.24) is 16.0 Å². The highest BCUT2D eigenvalue weighted by atomic mass is 16.4. The molecule has 0 aliphatic carbocycles. The first-order valence-electron chi connectivity index (χ1n) is 12.2. The van der Waals surface area contributed by atoms with Gasteiger partial charge in [-0.2, -0.15) is 0 Å². The summed E-state index contributed by atoms with van der Waals surface area (Å²) in [5, 5.41) is 26.6. The average Bonchev–Trinajstić information content (AvgIpc) is 2.84. The van der Waals surface area contributed by atoms with Crippen LogP contribution in [-0.4, -0.2) is 58.1 Å². The third-order valence-corrected chi connectivity index (χ3v) is 5.72. The minimum atomic E-state index is -1.24. The van der Waals surface area contributed by atoms with E-state index in [-0.39, 0.29) is 18.1 Å². The zero-order valence-electron chi connectivity index (χ0n) is 21.3. The minimum absolute atomic E-state index is 0.00659. The SMILES string of the molecule is CC(C)CC(NC(=O)C(N)Cc1ccccc1)C(=O)NC(C)C(=O)NC(Cc1ccc(O)cc1)C(=O)O. The number of hydrogen-bond acceptors (Lipinski definition) is 6. The van der Waals surface area contributed by atoms with Crippen LogP contribution in [0.2, 0.25) is 0 Å². The van der Waals surface area contributed by atoms with E-state index in [0.29, 0.717) is 18.4 Å². The number of amides is 3.